The van der Waals surface area contributed by atoms with Gasteiger partial charge in [-0.1, -0.05) is 62.4 Å². The first-order valence-corrected chi connectivity index (χ1v) is 12.5. The molecule has 1 saturated heterocycles. The number of fused-ring (bicyclic) bond motifs is 5. The molecule has 2 aromatic carbocycles. The summed E-state index contributed by atoms with van der Waals surface area (Å²) < 4.78 is 5.13. The summed E-state index contributed by atoms with van der Waals surface area (Å²) >= 11 is 0. The highest BCUT2D eigenvalue weighted by molar-refractivity contribution is 5.94. The molecular weight excluding hydrogens is 456 g/mol. The van der Waals surface area contributed by atoms with Crippen LogP contribution in [0.2, 0.25) is 0 Å². The minimum atomic E-state index is -0.733. The Balaban J connectivity index is 1.53. The lowest BCUT2D eigenvalue weighted by atomic mass is 9.87. The molecule has 0 bridgehead atoms. The Kier molecular flexibility index (Phi) is 6.43. The Hall–Kier alpha value is -3.81. The van der Waals surface area contributed by atoms with Gasteiger partial charge in [0.25, 0.3) is 0 Å². The molecule has 2 N–H and O–H groups in total. The van der Waals surface area contributed by atoms with Crippen LogP contribution < -0.4 is 5.32 Å². The van der Waals surface area contributed by atoms with Gasteiger partial charge in [-0.25, -0.2) is 9.59 Å². The second kappa shape index (κ2) is 9.68. The largest absolute Gasteiger partial charge is 0.467 e. The van der Waals surface area contributed by atoms with Gasteiger partial charge in [-0.3, -0.25) is 4.79 Å². The number of methoxy groups -OCH3 is 1. The van der Waals surface area contributed by atoms with Crippen LogP contribution in [0.25, 0.3) is 10.9 Å². The van der Waals surface area contributed by atoms with E-state index in [-0.39, 0.29) is 24.4 Å². The summed E-state index contributed by atoms with van der Waals surface area (Å²) in [5.74, 6) is -0.464. The number of nitrogens with one attached hydrogen (secondary N) is 2. The molecule has 3 aromatic rings. The van der Waals surface area contributed by atoms with Crippen molar-refractivity contribution in [3.63, 3.8) is 0 Å². The van der Waals surface area contributed by atoms with Crippen molar-refractivity contribution in [2.45, 2.75) is 51.4 Å². The number of hydrogen-bond acceptors (Lipinski definition) is 4. The Morgan fingerprint density at radius 2 is 1.83 bits per heavy atom. The Morgan fingerprint density at radius 3 is 2.56 bits per heavy atom. The number of benzene rings is 2. The number of carbonyl (C=O) groups excluding carboxylic acids is 3. The second-order valence-electron chi connectivity index (χ2n) is 10.0. The van der Waals surface area contributed by atoms with Crippen LogP contribution in [0, 0.1) is 5.92 Å². The molecule has 1 fully saturated rings. The lowest BCUT2D eigenvalue weighted by Gasteiger charge is -2.50. The molecule has 3 amide bonds. The summed E-state index contributed by atoms with van der Waals surface area (Å²) in [6.45, 7) is 4.72. The summed E-state index contributed by atoms with van der Waals surface area (Å²) in [4.78, 5) is 47.2. The third kappa shape index (κ3) is 4.21. The van der Waals surface area contributed by atoms with E-state index in [2.05, 4.69) is 10.3 Å². The van der Waals surface area contributed by atoms with Gasteiger partial charge in [-0.15, -0.1) is 0 Å². The predicted molar refractivity (Wildman–Crippen MR) is 136 cm³/mol. The number of H-pyrrole nitrogens is 1. The molecular formula is C28H32N4O4. The normalized spacial score (nSPS) is 21.3. The molecule has 3 heterocycles. The number of carbonyl (C=O) groups is 3. The topological polar surface area (TPSA) is 94.7 Å². The minimum Gasteiger partial charge on any atom is -0.467 e. The van der Waals surface area contributed by atoms with Crippen LogP contribution >= 0.6 is 0 Å². The van der Waals surface area contributed by atoms with Gasteiger partial charge in [0.05, 0.1) is 13.2 Å². The summed E-state index contributed by atoms with van der Waals surface area (Å²) in [6, 6.07) is 15.5. The number of aromatic amines is 1. The summed E-state index contributed by atoms with van der Waals surface area (Å²) in [6.07, 6.45) is 0.886. The number of hydrogen-bond donors (Lipinski definition) is 2. The monoisotopic (exact) mass is 488 g/mol. The van der Waals surface area contributed by atoms with E-state index < -0.39 is 24.1 Å². The predicted octanol–water partition coefficient (Wildman–Crippen LogP) is 3.78. The van der Waals surface area contributed by atoms with Crippen LogP contribution in [0.1, 0.15) is 43.1 Å². The van der Waals surface area contributed by atoms with Crippen molar-refractivity contribution in [1.29, 1.82) is 0 Å². The number of piperazine rings is 1. The zero-order valence-corrected chi connectivity index (χ0v) is 20.9. The minimum absolute atomic E-state index is 0.185. The molecule has 36 heavy (non-hydrogen) atoms. The van der Waals surface area contributed by atoms with E-state index in [0.717, 1.165) is 27.7 Å². The molecule has 5 rings (SSSR count). The summed E-state index contributed by atoms with van der Waals surface area (Å²) in [7, 11) is 1.35. The first kappa shape index (κ1) is 23.9. The number of esters is 1. The number of amides is 3. The molecule has 0 unspecified atom stereocenters. The number of aromatic nitrogens is 1. The standard InChI is InChI=1S/C28H32N4O4/c1-17(2)13-22-26(33)32-23(27(34)36-3)14-20-19-11-7-8-12-21(19)30-25(20)24(32)16-31(22)28(35)29-15-18-9-5-4-6-10-18/h4-12,17,22-24,30H,13-16H2,1-3H3,(H,29,35)/t22-,23-,24-/m0/s1. The van der Waals surface area contributed by atoms with E-state index in [1.165, 1.54) is 7.11 Å². The van der Waals surface area contributed by atoms with E-state index in [0.29, 0.717) is 19.4 Å². The molecule has 1 aromatic heterocycles. The lowest BCUT2D eigenvalue weighted by Crippen LogP contribution is -2.66. The maximum Gasteiger partial charge on any atom is 0.328 e. The molecule has 0 radical (unpaired) electrons. The number of ether oxygens (including phenoxy) is 1. The van der Waals surface area contributed by atoms with E-state index in [9.17, 15) is 14.4 Å². The fourth-order valence-electron chi connectivity index (χ4n) is 5.59. The van der Waals surface area contributed by atoms with E-state index >= 15 is 0 Å². The maximum absolute atomic E-state index is 14.0. The van der Waals surface area contributed by atoms with Crippen LogP contribution in [-0.4, -0.2) is 58.4 Å². The van der Waals surface area contributed by atoms with Crippen LogP contribution in [-0.2, 0) is 27.3 Å². The van der Waals surface area contributed by atoms with Crippen molar-refractivity contribution in [3.8, 4) is 0 Å². The van der Waals surface area contributed by atoms with Gasteiger partial charge in [-0.05, 0) is 29.5 Å². The fourth-order valence-corrected chi connectivity index (χ4v) is 5.59. The highest BCUT2D eigenvalue weighted by Crippen LogP contribution is 2.41. The van der Waals surface area contributed by atoms with Gasteiger partial charge in [0.15, 0.2) is 0 Å². The molecule has 8 nitrogen and oxygen atoms in total. The molecule has 0 saturated carbocycles. The summed E-state index contributed by atoms with van der Waals surface area (Å²) in [5, 5.41) is 4.02. The Bertz CT molecular complexity index is 1290. The van der Waals surface area contributed by atoms with Gasteiger partial charge in [0.1, 0.15) is 12.1 Å². The maximum atomic E-state index is 14.0. The summed E-state index contributed by atoms with van der Waals surface area (Å²) in [5.41, 5.74) is 3.82. The first-order valence-electron chi connectivity index (χ1n) is 12.5. The van der Waals surface area contributed by atoms with Crippen molar-refractivity contribution < 1.29 is 19.1 Å². The highest BCUT2D eigenvalue weighted by atomic mass is 16.5. The zero-order valence-electron chi connectivity index (χ0n) is 20.9. The number of nitrogens with zero attached hydrogens (tertiary/aromatic N) is 2. The van der Waals surface area contributed by atoms with E-state index in [4.69, 9.17) is 4.74 Å². The van der Waals surface area contributed by atoms with Crippen LogP contribution in [0.3, 0.4) is 0 Å². The average molecular weight is 489 g/mol. The van der Waals surface area contributed by atoms with Gasteiger partial charge in [0.2, 0.25) is 5.91 Å². The average Bonchev–Trinajstić information content (AvgIpc) is 3.27. The molecule has 2 aliphatic rings. The fraction of sp³-hybridized carbons (Fsp3) is 0.393. The SMILES string of the molecule is COC(=O)[C@@H]1Cc2c([nH]c3ccccc23)[C@@H]2CN(C(=O)NCc3ccccc3)[C@@H](CC(C)C)C(=O)N12. The molecule has 2 aliphatic heterocycles. The van der Waals surface area contributed by atoms with Crippen molar-refractivity contribution in [2.75, 3.05) is 13.7 Å². The van der Waals surface area contributed by atoms with Gasteiger partial charge in [0, 0.05) is 36.1 Å². The highest BCUT2D eigenvalue weighted by Gasteiger charge is 2.51. The smallest absolute Gasteiger partial charge is 0.328 e. The van der Waals surface area contributed by atoms with Crippen molar-refractivity contribution >= 4 is 28.8 Å². The number of rotatable bonds is 5. The third-order valence-electron chi connectivity index (χ3n) is 7.25. The van der Waals surface area contributed by atoms with Gasteiger partial charge in [-0.2, -0.15) is 0 Å². The second-order valence-corrected chi connectivity index (χ2v) is 10.0. The Labute approximate surface area is 210 Å². The zero-order chi connectivity index (χ0) is 25.4. The molecule has 8 heteroatoms. The van der Waals surface area contributed by atoms with Crippen LogP contribution in [0.4, 0.5) is 4.79 Å². The van der Waals surface area contributed by atoms with Crippen LogP contribution in [0.15, 0.2) is 54.6 Å². The molecule has 0 aliphatic carbocycles. The number of urea groups is 1. The third-order valence-corrected chi connectivity index (χ3v) is 7.25. The van der Waals surface area contributed by atoms with Crippen molar-refractivity contribution in [3.05, 3.63) is 71.4 Å². The Morgan fingerprint density at radius 1 is 1.11 bits per heavy atom. The quantitative estimate of drug-likeness (QED) is 0.535. The number of para-hydroxylation sites is 1. The van der Waals surface area contributed by atoms with E-state index in [1.54, 1.807) is 9.80 Å². The van der Waals surface area contributed by atoms with Crippen LogP contribution in [0.5, 0.6) is 0 Å². The van der Waals surface area contributed by atoms with E-state index in [1.807, 2.05) is 68.4 Å². The molecule has 3 atom stereocenters. The van der Waals surface area contributed by atoms with Gasteiger partial charge < -0.3 is 24.8 Å². The lowest BCUT2D eigenvalue weighted by molar-refractivity contribution is -0.162. The van der Waals surface area contributed by atoms with Crippen molar-refractivity contribution in [2.24, 2.45) is 5.92 Å². The molecule has 0 spiro atoms. The molecule has 188 valence electrons. The van der Waals surface area contributed by atoms with Gasteiger partial charge >= 0.3 is 12.0 Å². The van der Waals surface area contributed by atoms with Crippen molar-refractivity contribution in [1.82, 2.24) is 20.1 Å². The first-order chi connectivity index (χ1) is 17.4.